The van der Waals surface area contributed by atoms with Gasteiger partial charge in [-0.1, -0.05) is 18.2 Å². The average Bonchev–Trinajstić information content (AvgIpc) is 3.21. The lowest BCUT2D eigenvalue weighted by molar-refractivity contribution is -0.143. The summed E-state index contributed by atoms with van der Waals surface area (Å²) < 4.78 is 6.81. The smallest absolute Gasteiger partial charge is 0.322 e. The molecule has 1 N–H and O–H groups in total. The number of aromatic nitrogens is 2. The first-order valence-corrected chi connectivity index (χ1v) is 7.02. The number of nitrogens with one attached hydrogen (secondary N) is 1. The number of benzene rings is 1. The van der Waals surface area contributed by atoms with Crippen molar-refractivity contribution in [1.29, 1.82) is 0 Å². The molecule has 0 spiro atoms. The maximum Gasteiger partial charge on any atom is 0.322 e. The number of hydrogen-bond donors (Lipinski definition) is 1. The second-order valence-electron chi connectivity index (χ2n) is 5.23. The molecule has 1 aromatic heterocycles. The van der Waals surface area contributed by atoms with Crippen LogP contribution in [0.15, 0.2) is 30.5 Å². The molecule has 5 nitrogen and oxygen atoms in total. The third kappa shape index (κ3) is 2.82. The summed E-state index contributed by atoms with van der Waals surface area (Å²) in [6.07, 6.45) is 4.85. The molecule has 0 radical (unpaired) electrons. The predicted molar refractivity (Wildman–Crippen MR) is 76.3 cm³/mol. The Morgan fingerprint density at radius 3 is 3.05 bits per heavy atom. The van der Waals surface area contributed by atoms with Crippen molar-refractivity contribution in [3.8, 4) is 0 Å². The highest BCUT2D eigenvalue weighted by Gasteiger charge is 2.28. The molecule has 0 amide bonds. The molecule has 20 heavy (non-hydrogen) atoms. The summed E-state index contributed by atoms with van der Waals surface area (Å²) in [5.41, 5.74) is 1.10. The fraction of sp³-hybridized carbons (Fsp3) is 0.467. The summed E-state index contributed by atoms with van der Waals surface area (Å²) in [6.45, 7) is 0.701. The molecule has 1 aromatic carbocycles. The first-order chi connectivity index (χ1) is 9.78. The highest BCUT2D eigenvalue weighted by atomic mass is 16.5. The monoisotopic (exact) mass is 273 g/mol. The van der Waals surface area contributed by atoms with E-state index >= 15 is 0 Å². The Kier molecular flexibility index (Phi) is 3.69. The van der Waals surface area contributed by atoms with E-state index in [9.17, 15) is 4.79 Å². The summed E-state index contributed by atoms with van der Waals surface area (Å²) in [5, 5.41) is 8.84. The van der Waals surface area contributed by atoms with Gasteiger partial charge in [-0.05, 0) is 25.3 Å². The van der Waals surface area contributed by atoms with Crippen molar-refractivity contribution in [2.75, 3.05) is 7.11 Å². The molecule has 0 bridgehead atoms. The van der Waals surface area contributed by atoms with Gasteiger partial charge in [-0.25, -0.2) is 0 Å². The molecule has 1 heterocycles. The van der Waals surface area contributed by atoms with E-state index in [1.807, 2.05) is 35.1 Å². The van der Waals surface area contributed by atoms with E-state index in [-0.39, 0.29) is 12.0 Å². The Hall–Kier alpha value is -1.88. The second kappa shape index (κ2) is 5.63. The van der Waals surface area contributed by atoms with Crippen LogP contribution in [0.3, 0.4) is 0 Å². The number of hydrogen-bond acceptors (Lipinski definition) is 4. The molecule has 5 heteroatoms. The predicted octanol–water partition coefficient (Wildman–Crippen LogP) is 1.72. The highest BCUT2D eigenvalue weighted by Crippen LogP contribution is 2.21. The molecule has 0 aliphatic heterocycles. The number of ether oxygens (including phenoxy) is 1. The number of methoxy groups -OCH3 is 1. The van der Waals surface area contributed by atoms with Gasteiger partial charge in [0, 0.05) is 18.0 Å². The van der Waals surface area contributed by atoms with E-state index in [1.54, 1.807) is 0 Å². The van der Waals surface area contributed by atoms with Gasteiger partial charge in [-0.15, -0.1) is 0 Å². The molecule has 106 valence electrons. The van der Waals surface area contributed by atoms with Crippen LogP contribution in [0.4, 0.5) is 0 Å². The number of carbonyl (C=O) groups excluding carboxylic acids is 1. The highest BCUT2D eigenvalue weighted by molar-refractivity contribution is 5.78. The molecule has 0 saturated heterocycles. The van der Waals surface area contributed by atoms with Crippen LogP contribution in [0.1, 0.15) is 19.3 Å². The first-order valence-electron chi connectivity index (χ1n) is 7.02. The number of fused-ring (bicyclic) bond motifs is 1. The molecule has 1 atom stereocenters. The third-order valence-electron chi connectivity index (χ3n) is 3.68. The van der Waals surface area contributed by atoms with Gasteiger partial charge in [0.1, 0.15) is 6.04 Å². The van der Waals surface area contributed by atoms with Crippen molar-refractivity contribution in [3.05, 3.63) is 30.5 Å². The third-order valence-corrected chi connectivity index (χ3v) is 3.68. The van der Waals surface area contributed by atoms with Crippen LogP contribution >= 0.6 is 0 Å². The van der Waals surface area contributed by atoms with Gasteiger partial charge in [0.15, 0.2) is 0 Å². The van der Waals surface area contributed by atoms with Crippen LogP contribution in [0, 0.1) is 0 Å². The largest absolute Gasteiger partial charge is 0.468 e. The van der Waals surface area contributed by atoms with E-state index < -0.39 is 0 Å². The van der Waals surface area contributed by atoms with Gasteiger partial charge in [-0.3, -0.25) is 9.48 Å². The fourth-order valence-electron chi connectivity index (χ4n) is 2.40. The summed E-state index contributed by atoms with van der Waals surface area (Å²) in [6, 6.07) is 8.33. The van der Waals surface area contributed by atoms with E-state index in [2.05, 4.69) is 10.4 Å². The lowest BCUT2D eigenvalue weighted by Crippen LogP contribution is -2.39. The number of carbonyl (C=O) groups is 1. The van der Waals surface area contributed by atoms with Crippen molar-refractivity contribution in [2.45, 2.75) is 37.9 Å². The van der Waals surface area contributed by atoms with Gasteiger partial charge in [0.2, 0.25) is 0 Å². The van der Waals surface area contributed by atoms with Gasteiger partial charge in [0.25, 0.3) is 0 Å². The fourth-order valence-corrected chi connectivity index (χ4v) is 2.40. The zero-order chi connectivity index (χ0) is 13.9. The molecule has 1 aliphatic rings. The molecule has 1 saturated carbocycles. The molecular weight excluding hydrogens is 254 g/mol. The number of rotatable bonds is 6. The summed E-state index contributed by atoms with van der Waals surface area (Å²) in [4.78, 5) is 11.8. The van der Waals surface area contributed by atoms with Crippen molar-refractivity contribution >= 4 is 16.9 Å². The van der Waals surface area contributed by atoms with Gasteiger partial charge >= 0.3 is 5.97 Å². The van der Waals surface area contributed by atoms with Gasteiger partial charge in [-0.2, -0.15) is 5.10 Å². The van der Waals surface area contributed by atoms with Gasteiger partial charge in [0.05, 0.1) is 18.8 Å². The molecule has 1 unspecified atom stereocenters. The number of nitrogens with zero attached hydrogens (tertiary/aromatic N) is 2. The zero-order valence-corrected chi connectivity index (χ0v) is 11.6. The summed E-state index contributed by atoms with van der Waals surface area (Å²) >= 11 is 0. The van der Waals surface area contributed by atoms with E-state index in [0.29, 0.717) is 19.0 Å². The first kappa shape index (κ1) is 13.1. The van der Waals surface area contributed by atoms with Crippen LogP contribution in [0.25, 0.3) is 10.9 Å². The van der Waals surface area contributed by atoms with Gasteiger partial charge < -0.3 is 10.1 Å². The van der Waals surface area contributed by atoms with Crippen molar-refractivity contribution in [1.82, 2.24) is 15.1 Å². The Morgan fingerprint density at radius 2 is 2.30 bits per heavy atom. The quantitative estimate of drug-likeness (QED) is 0.814. The van der Waals surface area contributed by atoms with E-state index in [1.165, 1.54) is 7.11 Å². The minimum Gasteiger partial charge on any atom is -0.468 e. The minimum atomic E-state index is -0.240. The molecular formula is C15H19N3O2. The summed E-state index contributed by atoms with van der Waals surface area (Å²) in [7, 11) is 1.44. The molecule has 2 aromatic rings. The minimum absolute atomic E-state index is 0.187. The zero-order valence-electron chi connectivity index (χ0n) is 11.6. The van der Waals surface area contributed by atoms with Crippen molar-refractivity contribution in [2.24, 2.45) is 0 Å². The SMILES string of the molecule is COC(=O)C(CCn1ncc2ccccc21)NC1CC1. The number of para-hydroxylation sites is 1. The normalized spacial score (nSPS) is 16.2. The maximum absolute atomic E-state index is 11.8. The van der Waals surface area contributed by atoms with Crippen LogP contribution < -0.4 is 5.32 Å². The Balaban J connectivity index is 1.68. The maximum atomic E-state index is 11.8. The Bertz CT molecular complexity index is 604. The molecule has 1 fully saturated rings. The van der Waals surface area contributed by atoms with Crippen molar-refractivity contribution in [3.63, 3.8) is 0 Å². The molecule has 3 rings (SSSR count). The number of aryl methyl sites for hydroxylation is 1. The Labute approximate surface area is 117 Å². The second-order valence-corrected chi connectivity index (χ2v) is 5.23. The standard InChI is InChI=1S/C15H19N3O2/c1-20-15(19)13(17-12-6-7-12)8-9-18-14-5-3-2-4-11(14)10-16-18/h2-5,10,12-13,17H,6-9H2,1H3. The van der Waals surface area contributed by atoms with Crippen LogP contribution in [-0.4, -0.2) is 34.9 Å². The topological polar surface area (TPSA) is 56.2 Å². The molecule has 1 aliphatic carbocycles. The lowest BCUT2D eigenvalue weighted by atomic mass is 10.2. The van der Waals surface area contributed by atoms with Crippen molar-refractivity contribution < 1.29 is 9.53 Å². The summed E-state index contributed by atoms with van der Waals surface area (Å²) in [5.74, 6) is -0.187. The van der Waals surface area contributed by atoms with E-state index in [0.717, 1.165) is 23.7 Å². The number of esters is 1. The van der Waals surface area contributed by atoms with Crippen LogP contribution in [0.2, 0.25) is 0 Å². The van der Waals surface area contributed by atoms with Crippen LogP contribution in [0.5, 0.6) is 0 Å². The lowest BCUT2D eigenvalue weighted by Gasteiger charge is -2.16. The average molecular weight is 273 g/mol. The van der Waals surface area contributed by atoms with E-state index in [4.69, 9.17) is 4.74 Å². The Morgan fingerprint density at radius 1 is 1.50 bits per heavy atom. The van der Waals surface area contributed by atoms with Crippen LogP contribution in [-0.2, 0) is 16.1 Å².